The van der Waals surface area contributed by atoms with Crippen LogP contribution in [0.15, 0.2) is 24.3 Å². The zero-order valence-electron chi connectivity index (χ0n) is 11.4. The lowest BCUT2D eigenvalue weighted by Crippen LogP contribution is -2.40. The Labute approximate surface area is 114 Å². The van der Waals surface area contributed by atoms with Crippen LogP contribution in [0.4, 0.5) is 0 Å². The Kier molecular flexibility index (Phi) is 5.17. The molecule has 0 unspecified atom stereocenters. The average Bonchev–Trinajstić information content (AvgIpc) is 2.38. The Bertz CT molecular complexity index is 401. The zero-order valence-corrected chi connectivity index (χ0v) is 12.1. The number of likely N-dealkylation sites (N-methyl/N-ethyl adjacent to an activating group) is 1. The molecule has 0 radical (unpaired) electrons. The molecular formula is C14H20ClNO2. The van der Waals surface area contributed by atoms with E-state index in [-0.39, 0.29) is 5.91 Å². The van der Waals surface area contributed by atoms with Gasteiger partial charge in [0.05, 0.1) is 12.5 Å². The number of aryl methyl sites for hydroxylation is 1. The van der Waals surface area contributed by atoms with Gasteiger partial charge in [-0.1, -0.05) is 24.3 Å². The summed E-state index contributed by atoms with van der Waals surface area (Å²) < 4.78 is 0. The van der Waals surface area contributed by atoms with E-state index in [2.05, 4.69) is 0 Å². The van der Waals surface area contributed by atoms with Crippen LogP contribution in [0.25, 0.3) is 0 Å². The molecule has 0 saturated heterocycles. The third kappa shape index (κ3) is 3.24. The Morgan fingerprint density at radius 1 is 1.33 bits per heavy atom. The summed E-state index contributed by atoms with van der Waals surface area (Å²) in [6.07, 6.45) is 0.841. The summed E-state index contributed by atoms with van der Waals surface area (Å²) in [4.78, 5) is 17.1. The molecule has 100 valence electrons. The smallest absolute Gasteiger partial charge is 0.255 e. The van der Waals surface area contributed by atoms with Crippen LogP contribution in [-0.2, 0) is 21.5 Å². The first-order chi connectivity index (χ1) is 8.43. The number of benzene rings is 1. The molecule has 0 heterocycles. The molecule has 0 fully saturated rings. The van der Waals surface area contributed by atoms with Gasteiger partial charge in [-0.05, 0) is 31.4 Å². The molecule has 0 saturated carbocycles. The molecule has 3 nitrogen and oxygen atoms in total. The van der Waals surface area contributed by atoms with Crippen molar-refractivity contribution in [2.75, 3.05) is 20.0 Å². The monoisotopic (exact) mass is 269 g/mol. The highest BCUT2D eigenvalue weighted by molar-refractivity contribution is 6.17. The van der Waals surface area contributed by atoms with Gasteiger partial charge in [0.1, 0.15) is 0 Å². The van der Waals surface area contributed by atoms with E-state index in [0.29, 0.717) is 5.88 Å². The van der Waals surface area contributed by atoms with E-state index >= 15 is 0 Å². The lowest BCUT2D eigenvalue weighted by atomic mass is 9.83. The highest BCUT2D eigenvalue weighted by atomic mass is 35.5. The van der Waals surface area contributed by atoms with Gasteiger partial charge >= 0.3 is 0 Å². The Hall–Kier alpha value is -1.06. The summed E-state index contributed by atoms with van der Waals surface area (Å²) in [5.41, 5.74) is 1.54. The number of carbonyl (C=O) groups is 1. The lowest BCUT2D eigenvalue weighted by Gasteiger charge is -2.28. The first-order valence-electron chi connectivity index (χ1n) is 5.91. The molecule has 18 heavy (non-hydrogen) atoms. The summed E-state index contributed by atoms with van der Waals surface area (Å²) in [6, 6.07) is 7.98. The van der Waals surface area contributed by atoms with Gasteiger partial charge in [0.15, 0.2) is 0 Å². The molecule has 1 aromatic carbocycles. The molecule has 0 aromatic heterocycles. The molecule has 0 aliphatic heterocycles. The SMILES string of the molecule is CON(C)C(=O)C(C)(C)c1ccc(CCCl)cc1. The van der Waals surface area contributed by atoms with Crippen molar-refractivity contribution in [2.24, 2.45) is 0 Å². The van der Waals surface area contributed by atoms with E-state index in [4.69, 9.17) is 16.4 Å². The molecule has 0 aliphatic rings. The van der Waals surface area contributed by atoms with Gasteiger partial charge in [-0.15, -0.1) is 11.6 Å². The van der Waals surface area contributed by atoms with Gasteiger partial charge in [-0.3, -0.25) is 9.63 Å². The minimum Gasteiger partial charge on any atom is -0.275 e. The number of hydroxylamine groups is 2. The van der Waals surface area contributed by atoms with Crippen molar-refractivity contribution in [3.05, 3.63) is 35.4 Å². The lowest BCUT2D eigenvalue weighted by molar-refractivity contribution is -0.174. The highest BCUT2D eigenvalue weighted by Gasteiger charge is 2.32. The predicted octanol–water partition coefficient (Wildman–Crippen LogP) is 2.77. The fourth-order valence-corrected chi connectivity index (χ4v) is 2.02. The molecule has 1 amide bonds. The van der Waals surface area contributed by atoms with E-state index in [0.717, 1.165) is 12.0 Å². The number of hydrogen-bond donors (Lipinski definition) is 0. The molecule has 0 aliphatic carbocycles. The number of hydrogen-bond acceptors (Lipinski definition) is 2. The second-order valence-corrected chi connectivity index (χ2v) is 5.12. The maximum absolute atomic E-state index is 12.2. The van der Waals surface area contributed by atoms with Crippen molar-refractivity contribution in [1.82, 2.24) is 5.06 Å². The molecule has 0 spiro atoms. The van der Waals surface area contributed by atoms with Crippen molar-refractivity contribution < 1.29 is 9.63 Å². The molecule has 1 aromatic rings. The van der Waals surface area contributed by atoms with Crippen LogP contribution in [0.5, 0.6) is 0 Å². The Balaban J connectivity index is 2.94. The van der Waals surface area contributed by atoms with Crippen LogP contribution >= 0.6 is 11.6 Å². The van der Waals surface area contributed by atoms with Gasteiger partial charge in [-0.25, -0.2) is 5.06 Å². The molecular weight excluding hydrogens is 250 g/mol. The Morgan fingerprint density at radius 3 is 2.33 bits per heavy atom. The third-order valence-corrected chi connectivity index (χ3v) is 3.34. The van der Waals surface area contributed by atoms with Gasteiger partial charge in [0.25, 0.3) is 5.91 Å². The number of alkyl halides is 1. The van der Waals surface area contributed by atoms with Crippen LogP contribution in [0, 0.1) is 0 Å². The summed E-state index contributed by atoms with van der Waals surface area (Å²) >= 11 is 5.70. The van der Waals surface area contributed by atoms with Gasteiger partial charge in [0, 0.05) is 12.9 Å². The highest BCUT2D eigenvalue weighted by Crippen LogP contribution is 2.25. The summed E-state index contributed by atoms with van der Waals surface area (Å²) in [6.45, 7) is 3.78. The number of carbonyl (C=O) groups excluding carboxylic acids is 1. The largest absolute Gasteiger partial charge is 0.275 e. The number of rotatable bonds is 5. The van der Waals surface area contributed by atoms with E-state index in [1.807, 2.05) is 38.1 Å². The molecule has 4 heteroatoms. The summed E-state index contributed by atoms with van der Waals surface area (Å²) in [7, 11) is 3.10. The van der Waals surface area contributed by atoms with Crippen LogP contribution in [0.3, 0.4) is 0 Å². The number of amides is 1. The van der Waals surface area contributed by atoms with Crippen LogP contribution in [-0.4, -0.2) is 31.0 Å². The molecule has 0 atom stereocenters. The maximum atomic E-state index is 12.2. The van der Waals surface area contributed by atoms with Gasteiger partial charge in [-0.2, -0.15) is 0 Å². The van der Waals surface area contributed by atoms with Crippen molar-refractivity contribution >= 4 is 17.5 Å². The van der Waals surface area contributed by atoms with Crippen LogP contribution < -0.4 is 0 Å². The van der Waals surface area contributed by atoms with Crippen molar-refractivity contribution in [3.63, 3.8) is 0 Å². The minimum atomic E-state index is -0.607. The molecule has 0 bridgehead atoms. The predicted molar refractivity (Wildman–Crippen MR) is 73.7 cm³/mol. The van der Waals surface area contributed by atoms with E-state index in [9.17, 15) is 4.79 Å². The third-order valence-electron chi connectivity index (χ3n) is 3.15. The van der Waals surface area contributed by atoms with E-state index in [1.165, 1.54) is 17.7 Å². The van der Waals surface area contributed by atoms with Gasteiger partial charge < -0.3 is 0 Å². The van der Waals surface area contributed by atoms with Crippen molar-refractivity contribution in [1.29, 1.82) is 0 Å². The summed E-state index contributed by atoms with van der Waals surface area (Å²) in [5, 5.41) is 1.26. The molecule has 1 rings (SSSR count). The van der Waals surface area contributed by atoms with Gasteiger partial charge in [0.2, 0.25) is 0 Å². The van der Waals surface area contributed by atoms with Crippen molar-refractivity contribution in [2.45, 2.75) is 25.7 Å². The topological polar surface area (TPSA) is 29.5 Å². The quantitative estimate of drug-likeness (QED) is 0.608. The van der Waals surface area contributed by atoms with E-state index < -0.39 is 5.41 Å². The minimum absolute atomic E-state index is 0.0740. The average molecular weight is 270 g/mol. The van der Waals surface area contributed by atoms with Crippen LogP contribution in [0.2, 0.25) is 0 Å². The standard InChI is InChI=1S/C14H20ClNO2/c1-14(2,13(17)16(3)18-4)12-7-5-11(6-8-12)9-10-15/h5-8H,9-10H2,1-4H3. The fraction of sp³-hybridized carbons (Fsp3) is 0.500. The second kappa shape index (κ2) is 6.21. The normalized spacial score (nSPS) is 11.4. The zero-order chi connectivity index (χ0) is 13.8. The number of halogens is 1. The van der Waals surface area contributed by atoms with E-state index in [1.54, 1.807) is 7.05 Å². The fourth-order valence-electron chi connectivity index (χ4n) is 1.80. The number of nitrogens with zero attached hydrogens (tertiary/aromatic N) is 1. The van der Waals surface area contributed by atoms with Crippen molar-refractivity contribution in [3.8, 4) is 0 Å². The maximum Gasteiger partial charge on any atom is 0.255 e. The Morgan fingerprint density at radius 2 is 1.89 bits per heavy atom. The second-order valence-electron chi connectivity index (χ2n) is 4.75. The first kappa shape index (κ1) is 15.0. The summed E-state index contributed by atoms with van der Waals surface area (Å²) in [5.74, 6) is 0.531. The molecule has 0 N–H and O–H groups in total. The van der Waals surface area contributed by atoms with Crippen LogP contribution in [0.1, 0.15) is 25.0 Å². The first-order valence-corrected chi connectivity index (χ1v) is 6.44.